The zero-order valence-corrected chi connectivity index (χ0v) is 12.7. The fourth-order valence-corrected chi connectivity index (χ4v) is 2.22. The number of nitrogens with one attached hydrogen (secondary N) is 1. The van der Waals surface area contributed by atoms with Crippen LogP contribution in [0, 0.1) is 0 Å². The SMILES string of the molecule is CCC(=O)OC[C@H]1O[C@@H](n2ccc(NO)nc2=O)C(O)[C@]1(C)O. The summed E-state index contributed by atoms with van der Waals surface area (Å²) in [6, 6.07) is 1.29. The van der Waals surface area contributed by atoms with Crippen LogP contribution in [0.1, 0.15) is 26.5 Å². The number of carbonyl (C=O) groups excluding carboxylic acids is 1. The minimum absolute atomic E-state index is 0.0704. The standard InChI is InChI=1S/C13H19N3O7/c1-3-9(17)22-6-7-13(2,20)10(18)11(23-7)16-5-4-8(15-21)14-12(16)19/h4-5,7,10-11,18,20-21H,3,6H2,1-2H3,(H,14,15,19)/t7-,10?,11-,13-/m1/s1. The summed E-state index contributed by atoms with van der Waals surface area (Å²) in [6.07, 6.45) is -2.25. The van der Waals surface area contributed by atoms with Gasteiger partial charge in [0, 0.05) is 12.6 Å². The summed E-state index contributed by atoms with van der Waals surface area (Å²) in [5.74, 6) is -0.543. The number of hydrogen-bond acceptors (Lipinski definition) is 9. The summed E-state index contributed by atoms with van der Waals surface area (Å²) in [6.45, 7) is 2.69. The highest BCUT2D eigenvalue weighted by Crippen LogP contribution is 2.36. The molecule has 10 nitrogen and oxygen atoms in total. The van der Waals surface area contributed by atoms with Crippen molar-refractivity contribution in [1.82, 2.24) is 9.55 Å². The lowest BCUT2D eigenvalue weighted by Gasteiger charge is -2.26. The van der Waals surface area contributed by atoms with Crippen LogP contribution in [-0.2, 0) is 14.3 Å². The first kappa shape index (κ1) is 17.3. The summed E-state index contributed by atoms with van der Waals surface area (Å²) in [5, 5.41) is 29.3. The molecule has 1 aliphatic heterocycles. The zero-order valence-electron chi connectivity index (χ0n) is 12.7. The molecular formula is C13H19N3O7. The second-order valence-electron chi connectivity index (χ2n) is 5.34. The van der Waals surface area contributed by atoms with Crippen molar-refractivity contribution in [3.63, 3.8) is 0 Å². The number of carbonyl (C=O) groups is 1. The molecule has 0 aliphatic carbocycles. The van der Waals surface area contributed by atoms with Crippen LogP contribution in [0.25, 0.3) is 0 Å². The van der Waals surface area contributed by atoms with Crippen molar-refractivity contribution < 1.29 is 29.7 Å². The molecule has 1 saturated heterocycles. The molecule has 4 N–H and O–H groups in total. The van der Waals surface area contributed by atoms with E-state index in [-0.39, 0.29) is 18.8 Å². The van der Waals surface area contributed by atoms with E-state index in [0.717, 1.165) is 4.57 Å². The summed E-state index contributed by atoms with van der Waals surface area (Å²) in [5.41, 5.74) is -0.800. The van der Waals surface area contributed by atoms with Gasteiger partial charge in [-0.2, -0.15) is 4.98 Å². The predicted octanol–water partition coefficient (Wildman–Crippen LogP) is -0.993. The molecule has 2 heterocycles. The molecule has 1 unspecified atom stereocenters. The first-order valence-electron chi connectivity index (χ1n) is 7.02. The van der Waals surface area contributed by atoms with E-state index in [1.54, 1.807) is 12.4 Å². The van der Waals surface area contributed by atoms with Gasteiger partial charge in [0.05, 0.1) is 0 Å². The van der Waals surface area contributed by atoms with E-state index < -0.39 is 35.7 Å². The monoisotopic (exact) mass is 329 g/mol. The van der Waals surface area contributed by atoms with E-state index in [4.69, 9.17) is 14.7 Å². The topological polar surface area (TPSA) is 143 Å². The van der Waals surface area contributed by atoms with Gasteiger partial charge in [0.25, 0.3) is 0 Å². The molecule has 0 bridgehead atoms. The number of esters is 1. The molecule has 0 saturated carbocycles. The van der Waals surface area contributed by atoms with Crippen LogP contribution in [0.4, 0.5) is 5.82 Å². The van der Waals surface area contributed by atoms with Crippen molar-refractivity contribution in [2.24, 2.45) is 0 Å². The fourth-order valence-electron chi connectivity index (χ4n) is 2.22. The third kappa shape index (κ3) is 3.34. The van der Waals surface area contributed by atoms with Crippen molar-refractivity contribution >= 4 is 11.8 Å². The lowest BCUT2D eigenvalue weighted by molar-refractivity contribution is -0.152. The Bertz CT molecular complexity index is 630. The number of nitrogens with zero attached hydrogens (tertiary/aromatic N) is 2. The first-order valence-corrected chi connectivity index (χ1v) is 7.02. The number of aliphatic hydroxyl groups is 2. The number of ether oxygens (including phenoxy) is 2. The van der Waals surface area contributed by atoms with E-state index in [1.165, 1.54) is 19.2 Å². The normalized spacial score (nSPS) is 30.2. The van der Waals surface area contributed by atoms with Gasteiger partial charge in [-0.3, -0.25) is 20.0 Å². The van der Waals surface area contributed by atoms with Gasteiger partial charge in [0.15, 0.2) is 12.0 Å². The molecule has 0 aromatic carbocycles. The molecule has 2 rings (SSSR count). The number of aliphatic hydroxyl groups excluding tert-OH is 1. The third-order valence-electron chi connectivity index (χ3n) is 3.73. The van der Waals surface area contributed by atoms with Crippen LogP contribution in [0.15, 0.2) is 17.1 Å². The minimum atomic E-state index is -1.73. The Morgan fingerprint density at radius 1 is 1.61 bits per heavy atom. The maximum Gasteiger partial charge on any atom is 0.351 e. The van der Waals surface area contributed by atoms with Crippen LogP contribution < -0.4 is 11.2 Å². The minimum Gasteiger partial charge on any atom is -0.463 e. The van der Waals surface area contributed by atoms with E-state index in [1.807, 2.05) is 0 Å². The first-order chi connectivity index (χ1) is 10.8. The van der Waals surface area contributed by atoms with Gasteiger partial charge in [0.2, 0.25) is 0 Å². The summed E-state index contributed by atoms with van der Waals surface area (Å²) < 4.78 is 11.4. The molecule has 0 radical (unpaired) electrons. The highest BCUT2D eigenvalue weighted by atomic mass is 16.6. The summed E-state index contributed by atoms with van der Waals surface area (Å²) >= 11 is 0. The van der Waals surface area contributed by atoms with Gasteiger partial charge in [-0.1, -0.05) is 6.92 Å². The highest BCUT2D eigenvalue weighted by molar-refractivity contribution is 5.68. The zero-order chi connectivity index (χ0) is 17.2. The van der Waals surface area contributed by atoms with Crippen LogP contribution in [0.3, 0.4) is 0 Å². The quantitative estimate of drug-likeness (QED) is 0.395. The molecular weight excluding hydrogens is 310 g/mol. The largest absolute Gasteiger partial charge is 0.463 e. The second-order valence-corrected chi connectivity index (χ2v) is 5.34. The lowest BCUT2D eigenvalue weighted by Crippen LogP contribution is -2.47. The molecule has 0 amide bonds. The molecule has 23 heavy (non-hydrogen) atoms. The van der Waals surface area contributed by atoms with E-state index in [9.17, 15) is 19.8 Å². The fraction of sp³-hybridized carbons (Fsp3) is 0.615. The van der Waals surface area contributed by atoms with Crippen molar-refractivity contribution in [3.8, 4) is 0 Å². The third-order valence-corrected chi connectivity index (χ3v) is 3.73. The van der Waals surface area contributed by atoms with E-state index in [2.05, 4.69) is 4.98 Å². The summed E-state index contributed by atoms with van der Waals surface area (Å²) in [7, 11) is 0. The maximum atomic E-state index is 11.9. The van der Waals surface area contributed by atoms with Crippen molar-refractivity contribution in [2.75, 3.05) is 12.1 Å². The van der Waals surface area contributed by atoms with Gasteiger partial charge in [0.1, 0.15) is 24.4 Å². The number of anilines is 1. The van der Waals surface area contributed by atoms with E-state index in [0.29, 0.717) is 0 Å². The number of rotatable bonds is 5. The van der Waals surface area contributed by atoms with Crippen molar-refractivity contribution in [3.05, 3.63) is 22.7 Å². The van der Waals surface area contributed by atoms with Gasteiger partial charge in [-0.05, 0) is 13.0 Å². The molecule has 1 fully saturated rings. The molecule has 1 aromatic rings. The van der Waals surface area contributed by atoms with Gasteiger partial charge in [-0.25, -0.2) is 4.79 Å². The average Bonchev–Trinajstić information content (AvgIpc) is 2.75. The molecule has 0 spiro atoms. The number of aromatic nitrogens is 2. The molecule has 4 atom stereocenters. The van der Waals surface area contributed by atoms with Crippen LogP contribution >= 0.6 is 0 Å². The molecule has 10 heteroatoms. The van der Waals surface area contributed by atoms with Gasteiger partial charge >= 0.3 is 11.7 Å². The predicted molar refractivity (Wildman–Crippen MR) is 75.7 cm³/mol. The molecule has 128 valence electrons. The Hall–Kier alpha value is -2.01. The van der Waals surface area contributed by atoms with Gasteiger partial charge in [-0.15, -0.1) is 0 Å². The molecule has 1 aromatic heterocycles. The maximum absolute atomic E-state index is 11.9. The Labute approximate surface area is 131 Å². The van der Waals surface area contributed by atoms with Gasteiger partial charge < -0.3 is 19.7 Å². The Morgan fingerprint density at radius 3 is 2.87 bits per heavy atom. The van der Waals surface area contributed by atoms with Crippen LogP contribution in [0.5, 0.6) is 0 Å². The second kappa shape index (κ2) is 6.62. The van der Waals surface area contributed by atoms with Crippen LogP contribution in [0.2, 0.25) is 0 Å². The lowest BCUT2D eigenvalue weighted by atomic mass is 9.95. The van der Waals surface area contributed by atoms with E-state index >= 15 is 0 Å². The Balaban J connectivity index is 2.21. The Kier molecular flexibility index (Phi) is 5.00. The highest BCUT2D eigenvalue weighted by Gasteiger charge is 2.53. The number of hydrogen-bond donors (Lipinski definition) is 4. The molecule has 1 aliphatic rings. The summed E-state index contributed by atoms with van der Waals surface area (Å²) in [4.78, 5) is 26.6. The van der Waals surface area contributed by atoms with Crippen molar-refractivity contribution in [2.45, 2.75) is 44.3 Å². The van der Waals surface area contributed by atoms with Crippen molar-refractivity contribution in [1.29, 1.82) is 0 Å². The average molecular weight is 329 g/mol. The van der Waals surface area contributed by atoms with Crippen LogP contribution in [-0.4, -0.2) is 55.4 Å². The smallest absolute Gasteiger partial charge is 0.351 e. The Morgan fingerprint density at radius 2 is 2.30 bits per heavy atom.